The molecule has 0 aliphatic heterocycles. The topological polar surface area (TPSA) is 65.4 Å². The van der Waals surface area contributed by atoms with E-state index in [4.69, 9.17) is 9.47 Å². The maximum absolute atomic E-state index is 12.5. The van der Waals surface area contributed by atoms with E-state index in [0.29, 0.717) is 5.75 Å². The Balaban J connectivity index is 2.06. The lowest BCUT2D eigenvalue weighted by atomic mass is 10.1. The molecule has 0 saturated heterocycles. The highest BCUT2D eigenvalue weighted by Crippen LogP contribution is 2.30. The Morgan fingerprint density at radius 1 is 1.29 bits per heavy atom. The number of aromatic nitrogens is 2. The summed E-state index contributed by atoms with van der Waals surface area (Å²) in [4.78, 5) is 16.7. The SMILES string of the molecule is COc1ccc(OC)c([C@@H](C)NC(=O)[C@@H](C)Sc2nccn2C)c1. The van der Waals surface area contributed by atoms with E-state index in [0.717, 1.165) is 16.5 Å². The summed E-state index contributed by atoms with van der Waals surface area (Å²) in [6.07, 6.45) is 3.58. The highest BCUT2D eigenvalue weighted by molar-refractivity contribution is 8.00. The Morgan fingerprint density at radius 3 is 2.62 bits per heavy atom. The molecule has 0 radical (unpaired) electrons. The Morgan fingerprint density at radius 2 is 2.04 bits per heavy atom. The second kappa shape index (κ2) is 8.10. The van der Waals surface area contributed by atoms with Crippen LogP contribution in [-0.2, 0) is 11.8 Å². The number of carbonyl (C=O) groups excluding carboxylic acids is 1. The molecule has 7 heteroatoms. The summed E-state index contributed by atoms with van der Waals surface area (Å²) < 4.78 is 12.5. The first-order chi connectivity index (χ1) is 11.5. The van der Waals surface area contributed by atoms with Crippen molar-refractivity contribution in [2.24, 2.45) is 7.05 Å². The number of hydrogen-bond donors (Lipinski definition) is 1. The van der Waals surface area contributed by atoms with Crippen LogP contribution in [0.4, 0.5) is 0 Å². The lowest BCUT2D eigenvalue weighted by Crippen LogP contribution is -2.33. The third-order valence-corrected chi connectivity index (χ3v) is 4.86. The zero-order valence-electron chi connectivity index (χ0n) is 14.6. The predicted octanol–water partition coefficient (Wildman–Crippen LogP) is 2.80. The molecule has 24 heavy (non-hydrogen) atoms. The van der Waals surface area contributed by atoms with E-state index in [1.54, 1.807) is 20.4 Å². The van der Waals surface area contributed by atoms with Crippen molar-refractivity contribution in [1.29, 1.82) is 0 Å². The van der Waals surface area contributed by atoms with Crippen LogP contribution in [0, 0.1) is 0 Å². The summed E-state index contributed by atoms with van der Waals surface area (Å²) >= 11 is 1.42. The third-order valence-electron chi connectivity index (χ3n) is 3.69. The van der Waals surface area contributed by atoms with Gasteiger partial charge in [-0.15, -0.1) is 0 Å². The van der Waals surface area contributed by atoms with Crippen molar-refractivity contribution in [2.45, 2.75) is 30.3 Å². The number of carbonyl (C=O) groups is 1. The fraction of sp³-hybridized carbons (Fsp3) is 0.412. The minimum atomic E-state index is -0.259. The molecule has 2 atom stereocenters. The predicted molar refractivity (Wildman–Crippen MR) is 94.6 cm³/mol. The van der Waals surface area contributed by atoms with Gasteiger partial charge in [0.2, 0.25) is 5.91 Å². The van der Waals surface area contributed by atoms with Gasteiger partial charge >= 0.3 is 0 Å². The fourth-order valence-corrected chi connectivity index (χ4v) is 3.10. The number of thioether (sulfide) groups is 1. The Hall–Kier alpha value is -2.15. The number of aryl methyl sites for hydroxylation is 1. The molecule has 1 heterocycles. The maximum Gasteiger partial charge on any atom is 0.233 e. The smallest absolute Gasteiger partial charge is 0.233 e. The number of amides is 1. The normalized spacial score (nSPS) is 13.2. The molecule has 0 bridgehead atoms. The molecule has 6 nitrogen and oxygen atoms in total. The van der Waals surface area contributed by atoms with Gasteiger partial charge in [-0.05, 0) is 32.0 Å². The number of nitrogens with zero attached hydrogens (tertiary/aromatic N) is 2. The molecule has 1 N–H and O–H groups in total. The summed E-state index contributed by atoms with van der Waals surface area (Å²) in [7, 11) is 5.13. The highest BCUT2D eigenvalue weighted by atomic mass is 32.2. The van der Waals surface area contributed by atoms with E-state index in [9.17, 15) is 4.79 Å². The number of benzene rings is 1. The van der Waals surface area contributed by atoms with Crippen LogP contribution in [0.5, 0.6) is 11.5 Å². The first kappa shape index (κ1) is 18.2. The van der Waals surface area contributed by atoms with Gasteiger partial charge in [-0.25, -0.2) is 4.98 Å². The summed E-state index contributed by atoms with van der Waals surface area (Å²) in [5, 5.41) is 3.57. The van der Waals surface area contributed by atoms with E-state index >= 15 is 0 Å². The van der Waals surface area contributed by atoms with Gasteiger partial charge in [-0.1, -0.05) is 11.8 Å². The van der Waals surface area contributed by atoms with Crippen LogP contribution in [-0.4, -0.2) is 34.9 Å². The van der Waals surface area contributed by atoms with Gasteiger partial charge in [0.25, 0.3) is 0 Å². The van der Waals surface area contributed by atoms with Crippen molar-refractivity contribution in [3.05, 3.63) is 36.2 Å². The van der Waals surface area contributed by atoms with Crippen LogP contribution in [0.3, 0.4) is 0 Å². The lowest BCUT2D eigenvalue weighted by Gasteiger charge is -2.20. The van der Waals surface area contributed by atoms with E-state index in [2.05, 4.69) is 10.3 Å². The van der Waals surface area contributed by atoms with Crippen molar-refractivity contribution < 1.29 is 14.3 Å². The van der Waals surface area contributed by atoms with Crippen LogP contribution < -0.4 is 14.8 Å². The molecule has 2 rings (SSSR count). The Labute approximate surface area is 146 Å². The zero-order chi connectivity index (χ0) is 17.7. The molecule has 1 aromatic carbocycles. The average molecular weight is 349 g/mol. The molecular weight excluding hydrogens is 326 g/mol. The molecule has 0 aliphatic carbocycles. The largest absolute Gasteiger partial charge is 0.497 e. The third kappa shape index (κ3) is 4.23. The summed E-state index contributed by atoms with van der Waals surface area (Å²) in [5.41, 5.74) is 0.874. The summed E-state index contributed by atoms with van der Waals surface area (Å²) in [6.45, 7) is 3.79. The van der Waals surface area contributed by atoms with Crippen molar-refractivity contribution in [1.82, 2.24) is 14.9 Å². The summed E-state index contributed by atoms with van der Waals surface area (Å²) in [6, 6.07) is 5.34. The van der Waals surface area contributed by atoms with Crippen LogP contribution in [0.25, 0.3) is 0 Å². The minimum absolute atomic E-state index is 0.0552. The van der Waals surface area contributed by atoms with Crippen LogP contribution in [0.2, 0.25) is 0 Å². The van der Waals surface area contributed by atoms with Gasteiger partial charge in [-0.3, -0.25) is 4.79 Å². The fourth-order valence-electron chi connectivity index (χ4n) is 2.26. The first-order valence-electron chi connectivity index (χ1n) is 7.62. The van der Waals surface area contributed by atoms with E-state index in [1.165, 1.54) is 11.8 Å². The lowest BCUT2D eigenvalue weighted by molar-refractivity contribution is -0.120. The molecule has 0 spiro atoms. The van der Waals surface area contributed by atoms with Crippen LogP contribution in [0.1, 0.15) is 25.5 Å². The first-order valence-corrected chi connectivity index (χ1v) is 8.50. The minimum Gasteiger partial charge on any atom is -0.497 e. The number of methoxy groups -OCH3 is 2. The van der Waals surface area contributed by atoms with E-state index in [1.807, 2.05) is 49.9 Å². The summed E-state index contributed by atoms with van der Waals surface area (Å²) in [5.74, 6) is 1.38. The maximum atomic E-state index is 12.5. The van der Waals surface area contributed by atoms with Gasteiger partial charge in [0.05, 0.1) is 25.5 Å². The van der Waals surface area contributed by atoms with Crippen LogP contribution >= 0.6 is 11.8 Å². The second-order valence-electron chi connectivity index (χ2n) is 5.42. The molecule has 2 aromatic rings. The molecular formula is C17H23N3O3S. The highest BCUT2D eigenvalue weighted by Gasteiger charge is 2.21. The van der Waals surface area contributed by atoms with E-state index in [-0.39, 0.29) is 17.2 Å². The Bertz CT molecular complexity index is 702. The van der Waals surface area contributed by atoms with Crippen molar-refractivity contribution in [2.75, 3.05) is 14.2 Å². The number of nitrogens with one attached hydrogen (secondary N) is 1. The molecule has 1 amide bonds. The monoisotopic (exact) mass is 349 g/mol. The molecule has 0 unspecified atom stereocenters. The van der Waals surface area contributed by atoms with Crippen molar-refractivity contribution in [3.63, 3.8) is 0 Å². The van der Waals surface area contributed by atoms with Gasteiger partial charge < -0.3 is 19.4 Å². The average Bonchev–Trinajstić information content (AvgIpc) is 2.98. The zero-order valence-corrected chi connectivity index (χ0v) is 15.4. The molecule has 0 fully saturated rings. The number of hydrogen-bond acceptors (Lipinski definition) is 5. The molecule has 0 saturated carbocycles. The number of imidazole rings is 1. The van der Waals surface area contributed by atoms with Crippen molar-refractivity contribution >= 4 is 17.7 Å². The van der Waals surface area contributed by atoms with Gasteiger partial charge in [0, 0.05) is 25.0 Å². The van der Waals surface area contributed by atoms with E-state index < -0.39 is 0 Å². The van der Waals surface area contributed by atoms with Crippen molar-refractivity contribution in [3.8, 4) is 11.5 Å². The van der Waals surface area contributed by atoms with Crippen LogP contribution in [0.15, 0.2) is 35.7 Å². The quantitative estimate of drug-likeness (QED) is 0.779. The second-order valence-corrected chi connectivity index (χ2v) is 6.73. The number of rotatable bonds is 7. The molecule has 130 valence electrons. The van der Waals surface area contributed by atoms with Gasteiger partial charge in [-0.2, -0.15) is 0 Å². The standard InChI is InChI=1S/C17H23N3O3S/c1-11(14-10-13(22-4)6-7-15(14)23-5)19-16(21)12(2)24-17-18-8-9-20(17)3/h6-12H,1-5H3,(H,19,21)/t11-,12-/m1/s1. The van der Waals surface area contributed by atoms with Gasteiger partial charge in [0.1, 0.15) is 11.5 Å². The van der Waals surface area contributed by atoms with Gasteiger partial charge in [0.15, 0.2) is 5.16 Å². The number of ether oxygens (including phenoxy) is 2. The molecule has 0 aliphatic rings. The molecule has 1 aromatic heterocycles. The Kier molecular flexibility index (Phi) is 6.14.